The first kappa shape index (κ1) is 13.1. The predicted molar refractivity (Wildman–Crippen MR) is 80.2 cm³/mol. The van der Waals surface area contributed by atoms with Gasteiger partial charge in [0.15, 0.2) is 0 Å². The van der Waals surface area contributed by atoms with Crippen molar-refractivity contribution in [2.45, 2.75) is 26.2 Å². The molecule has 0 unspecified atom stereocenters. The highest BCUT2D eigenvalue weighted by Gasteiger charge is 2.30. The third-order valence-corrected chi connectivity index (χ3v) is 4.25. The number of carbonyl (C=O) groups is 1. The maximum atomic E-state index is 12.7. The lowest BCUT2D eigenvalue weighted by Gasteiger charge is -2.18. The third kappa shape index (κ3) is 1.96. The van der Waals surface area contributed by atoms with E-state index in [1.54, 1.807) is 4.90 Å². The molecule has 104 valence electrons. The maximum Gasteiger partial charge on any atom is 0.272 e. The van der Waals surface area contributed by atoms with E-state index < -0.39 is 0 Å². The Kier molecular flexibility index (Phi) is 3.17. The molecule has 0 fully saturated rings. The second kappa shape index (κ2) is 4.86. The number of fused-ring (bicyclic) bond motifs is 1. The Morgan fingerprint density at radius 3 is 3.00 bits per heavy atom. The van der Waals surface area contributed by atoms with E-state index in [2.05, 4.69) is 9.59 Å². The van der Waals surface area contributed by atoms with Crippen molar-refractivity contribution in [1.82, 2.24) is 9.59 Å². The van der Waals surface area contributed by atoms with Crippen LogP contribution in [0.4, 0.5) is 11.4 Å². The molecule has 2 N–H and O–H groups in total. The van der Waals surface area contributed by atoms with Crippen LogP contribution in [0.5, 0.6) is 0 Å². The fourth-order valence-corrected chi connectivity index (χ4v) is 3.30. The van der Waals surface area contributed by atoms with Crippen molar-refractivity contribution < 1.29 is 4.79 Å². The van der Waals surface area contributed by atoms with Gasteiger partial charge in [0.05, 0.1) is 17.1 Å². The number of aromatic nitrogens is 2. The number of amides is 1. The first-order chi connectivity index (χ1) is 9.59. The fourth-order valence-electron chi connectivity index (χ4n) is 2.54. The smallest absolute Gasteiger partial charge is 0.272 e. The summed E-state index contributed by atoms with van der Waals surface area (Å²) in [6, 6.07) is 5.78. The van der Waals surface area contributed by atoms with E-state index in [1.165, 1.54) is 0 Å². The van der Waals surface area contributed by atoms with Crippen molar-refractivity contribution in [3.8, 4) is 0 Å². The number of nitrogens with two attached hydrogens (primary N) is 1. The molecule has 1 aliphatic heterocycles. The van der Waals surface area contributed by atoms with Crippen LogP contribution in [-0.4, -0.2) is 22.0 Å². The highest BCUT2D eigenvalue weighted by atomic mass is 32.1. The second-order valence-electron chi connectivity index (χ2n) is 5.20. The number of hydrogen-bond acceptors (Lipinski definition) is 5. The summed E-state index contributed by atoms with van der Waals surface area (Å²) in [7, 11) is 0. The van der Waals surface area contributed by atoms with Gasteiger partial charge in [-0.3, -0.25) is 4.79 Å². The Morgan fingerprint density at radius 2 is 2.25 bits per heavy atom. The summed E-state index contributed by atoms with van der Waals surface area (Å²) in [6.45, 7) is 4.69. The van der Waals surface area contributed by atoms with E-state index in [-0.39, 0.29) is 11.8 Å². The summed E-state index contributed by atoms with van der Waals surface area (Å²) in [5, 5.41) is 4.08. The van der Waals surface area contributed by atoms with Crippen LogP contribution in [0, 0.1) is 0 Å². The largest absolute Gasteiger partial charge is 0.397 e. The molecule has 1 aliphatic rings. The van der Waals surface area contributed by atoms with Gasteiger partial charge in [-0.15, -0.1) is 5.10 Å². The second-order valence-corrected chi connectivity index (χ2v) is 5.96. The molecule has 2 aromatic rings. The number of rotatable bonds is 2. The molecule has 0 bridgehead atoms. The number of anilines is 2. The van der Waals surface area contributed by atoms with Crippen molar-refractivity contribution >= 4 is 28.8 Å². The number of hydrogen-bond donors (Lipinski definition) is 1. The fraction of sp³-hybridized carbons (Fsp3) is 0.357. The number of para-hydroxylation sites is 1. The van der Waals surface area contributed by atoms with Crippen LogP contribution in [0.15, 0.2) is 18.2 Å². The van der Waals surface area contributed by atoms with Crippen LogP contribution < -0.4 is 10.6 Å². The van der Waals surface area contributed by atoms with Crippen LogP contribution in [0.2, 0.25) is 0 Å². The van der Waals surface area contributed by atoms with Crippen LogP contribution in [0.3, 0.4) is 0 Å². The van der Waals surface area contributed by atoms with Crippen LogP contribution in [0.25, 0.3) is 0 Å². The standard InChI is InChI=1S/C14H16N4OS/c1-8(2)11-13(20-17-16-11)14(19)18-7-6-9-4-3-5-10(15)12(9)18/h3-5,8H,6-7,15H2,1-2H3. The van der Waals surface area contributed by atoms with Gasteiger partial charge >= 0.3 is 0 Å². The van der Waals surface area contributed by atoms with E-state index in [0.29, 0.717) is 17.1 Å². The van der Waals surface area contributed by atoms with Crippen molar-refractivity contribution in [3.63, 3.8) is 0 Å². The minimum absolute atomic E-state index is 0.0413. The molecular weight excluding hydrogens is 272 g/mol. The zero-order valence-electron chi connectivity index (χ0n) is 11.5. The molecule has 0 saturated carbocycles. The molecule has 0 saturated heterocycles. The lowest BCUT2D eigenvalue weighted by Crippen LogP contribution is -2.29. The van der Waals surface area contributed by atoms with Crippen molar-refractivity contribution in [2.24, 2.45) is 0 Å². The normalized spacial score (nSPS) is 13.8. The number of carbonyl (C=O) groups excluding carboxylic acids is 1. The third-order valence-electron chi connectivity index (χ3n) is 3.53. The van der Waals surface area contributed by atoms with Gasteiger partial charge in [-0.05, 0) is 35.5 Å². The monoisotopic (exact) mass is 288 g/mol. The summed E-state index contributed by atoms with van der Waals surface area (Å²) >= 11 is 1.16. The van der Waals surface area contributed by atoms with Gasteiger partial charge in [-0.1, -0.05) is 30.5 Å². The zero-order valence-corrected chi connectivity index (χ0v) is 12.3. The highest BCUT2D eigenvalue weighted by molar-refractivity contribution is 7.08. The van der Waals surface area contributed by atoms with Crippen molar-refractivity contribution in [1.29, 1.82) is 0 Å². The van der Waals surface area contributed by atoms with Gasteiger partial charge in [0, 0.05) is 6.54 Å². The van der Waals surface area contributed by atoms with Crippen LogP contribution >= 0.6 is 11.5 Å². The number of nitrogen functional groups attached to an aromatic ring is 1. The van der Waals surface area contributed by atoms with E-state index in [1.807, 2.05) is 32.0 Å². The van der Waals surface area contributed by atoms with Gasteiger partial charge in [0.1, 0.15) is 4.88 Å². The Labute approximate surface area is 121 Å². The minimum atomic E-state index is -0.0413. The summed E-state index contributed by atoms with van der Waals surface area (Å²) in [4.78, 5) is 15.1. The number of benzene rings is 1. The molecule has 0 aliphatic carbocycles. The molecule has 5 nitrogen and oxygen atoms in total. The minimum Gasteiger partial charge on any atom is -0.397 e. The van der Waals surface area contributed by atoms with Gasteiger partial charge in [-0.25, -0.2) is 0 Å². The first-order valence-electron chi connectivity index (χ1n) is 6.61. The Balaban J connectivity index is 2.00. The molecule has 0 spiro atoms. The molecular formula is C14H16N4OS. The molecule has 1 aromatic carbocycles. The molecule has 0 radical (unpaired) electrons. The van der Waals surface area contributed by atoms with Gasteiger partial charge in [0.25, 0.3) is 5.91 Å². The Hall–Kier alpha value is -1.95. The van der Waals surface area contributed by atoms with E-state index >= 15 is 0 Å². The average molecular weight is 288 g/mol. The Morgan fingerprint density at radius 1 is 1.45 bits per heavy atom. The molecule has 1 amide bonds. The molecule has 6 heteroatoms. The lowest BCUT2D eigenvalue weighted by molar-refractivity contribution is 0.0992. The van der Waals surface area contributed by atoms with Gasteiger partial charge in [0.2, 0.25) is 0 Å². The number of nitrogens with zero attached hydrogens (tertiary/aromatic N) is 3. The van der Waals surface area contributed by atoms with Gasteiger partial charge < -0.3 is 10.6 Å². The summed E-state index contributed by atoms with van der Waals surface area (Å²) in [5.74, 6) is 0.142. The summed E-state index contributed by atoms with van der Waals surface area (Å²) < 4.78 is 3.93. The summed E-state index contributed by atoms with van der Waals surface area (Å²) in [5.41, 5.74) is 9.42. The average Bonchev–Trinajstić information content (AvgIpc) is 3.05. The SMILES string of the molecule is CC(C)c1nnsc1C(=O)N1CCc2cccc(N)c21. The molecule has 2 heterocycles. The quantitative estimate of drug-likeness (QED) is 0.862. The maximum absolute atomic E-state index is 12.7. The highest BCUT2D eigenvalue weighted by Crippen LogP contribution is 2.35. The summed E-state index contributed by atoms with van der Waals surface area (Å²) in [6.07, 6.45) is 0.843. The topological polar surface area (TPSA) is 72.1 Å². The molecule has 0 atom stereocenters. The van der Waals surface area contributed by atoms with Crippen molar-refractivity contribution in [2.75, 3.05) is 17.2 Å². The molecule has 3 rings (SSSR count). The van der Waals surface area contributed by atoms with Gasteiger partial charge in [-0.2, -0.15) is 0 Å². The first-order valence-corrected chi connectivity index (χ1v) is 7.38. The Bertz CT molecular complexity index is 665. The van der Waals surface area contributed by atoms with Crippen LogP contribution in [-0.2, 0) is 6.42 Å². The zero-order chi connectivity index (χ0) is 14.3. The molecule has 1 aromatic heterocycles. The van der Waals surface area contributed by atoms with Crippen LogP contribution in [0.1, 0.15) is 40.7 Å². The van der Waals surface area contributed by atoms with E-state index in [4.69, 9.17) is 5.73 Å². The van der Waals surface area contributed by atoms with E-state index in [0.717, 1.165) is 34.9 Å². The predicted octanol–water partition coefficient (Wildman–Crippen LogP) is 2.45. The lowest BCUT2D eigenvalue weighted by atomic mass is 10.1. The van der Waals surface area contributed by atoms with Crippen molar-refractivity contribution in [3.05, 3.63) is 34.3 Å². The van der Waals surface area contributed by atoms with E-state index in [9.17, 15) is 4.79 Å². The molecule has 20 heavy (non-hydrogen) atoms.